The van der Waals surface area contributed by atoms with Gasteiger partial charge in [-0.05, 0) is 45.1 Å². The lowest BCUT2D eigenvalue weighted by molar-refractivity contribution is -0.137. The van der Waals surface area contributed by atoms with Crippen molar-refractivity contribution < 1.29 is 19.5 Å². The molecule has 3 amide bonds. The molecular formula is C21H30ClN5O4. The van der Waals surface area contributed by atoms with Crippen molar-refractivity contribution in [3.63, 3.8) is 0 Å². The molecule has 1 saturated heterocycles. The minimum absolute atomic E-state index is 0. The van der Waals surface area contributed by atoms with Crippen molar-refractivity contribution in [3.05, 3.63) is 17.6 Å². The van der Waals surface area contributed by atoms with E-state index in [2.05, 4.69) is 21.9 Å². The number of hydrogen-bond donors (Lipinski definition) is 1. The highest BCUT2D eigenvalue weighted by Gasteiger charge is 2.43. The van der Waals surface area contributed by atoms with E-state index in [1.54, 1.807) is 6.20 Å². The number of halogens is 1. The molecule has 9 nitrogen and oxygen atoms in total. The summed E-state index contributed by atoms with van der Waals surface area (Å²) in [4.78, 5) is 50.8. The number of carbonyl (C=O) groups excluding carboxylic acids is 2. The van der Waals surface area contributed by atoms with Crippen LogP contribution in [0.4, 0.5) is 10.6 Å². The second-order valence-corrected chi connectivity index (χ2v) is 8.66. The first-order valence-electron chi connectivity index (χ1n) is 10.8. The Labute approximate surface area is 188 Å². The number of hydrogen-bond acceptors (Lipinski definition) is 6. The Kier molecular flexibility index (Phi) is 7.48. The van der Waals surface area contributed by atoms with Gasteiger partial charge < -0.3 is 10.0 Å². The topological polar surface area (TPSA) is 107 Å². The smallest absolute Gasteiger partial charge is 0.333 e. The maximum absolute atomic E-state index is 13.1. The second-order valence-electron chi connectivity index (χ2n) is 8.66. The third kappa shape index (κ3) is 5.15. The van der Waals surface area contributed by atoms with Gasteiger partial charge >= 0.3 is 12.0 Å². The lowest BCUT2D eigenvalue weighted by atomic mass is 9.83. The fourth-order valence-electron chi connectivity index (χ4n) is 4.76. The van der Waals surface area contributed by atoms with E-state index in [0.29, 0.717) is 18.2 Å². The van der Waals surface area contributed by atoms with Gasteiger partial charge in [-0.25, -0.2) is 9.78 Å². The molecule has 10 heteroatoms. The van der Waals surface area contributed by atoms with Gasteiger partial charge in [-0.1, -0.05) is 0 Å². The minimum Gasteiger partial charge on any atom is -0.481 e. The molecule has 1 saturated carbocycles. The van der Waals surface area contributed by atoms with Gasteiger partial charge in [-0.2, -0.15) is 0 Å². The van der Waals surface area contributed by atoms with E-state index in [0.717, 1.165) is 63.0 Å². The summed E-state index contributed by atoms with van der Waals surface area (Å²) in [5, 5.41) is 8.86. The number of carbonyl (C=O) groups is 3. The van der Waals surface area contributed by atoms with E-state index in [4.69, 9.17) is 5.11 Å². The number of nitrogens with zero attached hydrogens (tertiary/aromatic N) is 5. The van der Waals surface area contributed by atoms with E-state index in [9.17, 15) is 14.4 Å². The summed E-state index contributed by atoms with van der Waals surface area (Å²) in [7, 11) is 2.07. The van der Waals surface area contributed by atoms with Gasteiger partial charge in [0, 0.05) is 38.4 Å². The average molecular weight is 452 g/mol. The standard InChI is InChI=1S/C21H29N5O4.ClH/c1-24-10-8-16-17(9-11-24)23-18(12-22-16)25-13-19(27)26(21(25)30)15-5-2-14(3-6-15)4-7-20(28)29;/h12,14-15H,2-11,13H2,1H3,(H,28,29);1H. The van der Waals surface area contributed by atoms with Gasteiger partial charge in [0.1, 0.15) is 6.54 Å². The number of likely N-dealkylation sites (N-methyl/N-ethyl adjacent to an activating group) is 1. The summed E-state index contributed by atoms with van der Waals surface area (Å²) in [5.41, 5.74) is 1.88. The van der Waals surface area contributed by atoms with E-state index in [-0.39, 0.29) is 43.4 Å². The first-order chi connectivity index (χ1) is 14.4. The van der Waals surface area contributed by atoms with Crippen LogP contribution in [0.25, 0.3) is 0 Å². The molecule has 4 rings (SSSR count). The Morgan fingerprint density at radius 1 is 1.13 bits per heavy atom. The number of carboxylic acid groups (broad SMARTS) is 1. The zero-order valence-corrected chi connectivity index (χ0v) is 18.6. The van der Waals surface area contributed by atoms with Crippen LogP contribution in [0.3, 0.4) is 0 Å². The van der Waals surface area contributed by atoms with Crippen LogP contribution in [-0.2, 0) is 22.4 Å². The molecule has 1 N–H and O–H groups in total. The Morgan fingerprint density at radius 2 is 1.81 bits per heavy atom. The lowest BCUT2D eigenvalue weighted by Crippen LogP contribution is -2.43. The van der Waals surface area contributed by atoms with E-state index in [1.165, 1.54) is 9.80 Å². The Hall–Kier alpha value is -2.26. The fourth-order valence-corrected chi connectivity index (χ4v) is 4.76. The van der Waals surface area contributed by atoms with Crippen LogP contribution >= 0.6 is 12.4 Å². The van der Waals surface area contributed by atoms with Crippen LogP contribution in [-0.4, -0.2) is 75.5 Å². The summed E-state index contributed by atoms with van der Waals surface area (Å²) in [6.45, 7) is 1.84. The molecule has 0 radical (unpaired) electrons. The maximum Gasteiger partial charge on any atom is 0.333 e. The third-order valence-corrected chi connectivity index (χ3v) is 6.60. The third-order valence-electron chi connectivity index (χ3n) is 6.60. The molecule has 0 aromatic carbocycles. The van der Waals surface area contributed by atoms with Crippen molar-refractivity contribution in [2.45, 2.75) is 57.4 Å². The minimum atomic E-state index is -0.772. The molecule has 2 aliphatic heterocycles. The lowest BCUT2D eigenvalue weighted by Gasteiger charge is -2.33. The molecule has 1 aliphatic carbocycles. The summed E-state index contributed by atoms with van der Waals surface area (Å²) >= 11 is 0. The molecule has 3 heterocycles. The first-order valence-corrected chi connectivity index (χ1v) is 10.8. The molecule has 1 aromatic rings. The van der Waals surface area contributed by atoms with E-state index >= 15 is 0 Å². The zero-order valence-electron chi connectivity index (χ0n) is 17.8. The van der Waals surface area contributed by atoms with Gasteiger partial charge in [0.15, 0.2) is 5.82 Å². The van der Waals surface area contributed by atoms with E-state index < -0.39 is 5.97 Å². The normalized spacial score (nSPS) is 24.5. The van der Waals surface area contributed by atoms with Gasteiger partial charge in [0.2, 0.25) is 0 Å². The van der Waals surface area contributed by atoms with Crippen molar-refractivity contribution >= 4 is 36.1 Å². The Bertz CT molecular complexity index is 843. The van der Waals surface area contributed by atoms with Gasteiger partial charge in [-0.3, -0.25) is 24.4 Å². The predicted octanol–water partition coefficient (Wildman–Crippen LogP) is 2.12. The molecule has 0 atom stereocenters. The van der Waals surface area contributed by atoms with Crippen LogP contribution < -0.4 is 4.90 Å². The number of aromatic nitrogens is 2. The summed E-state index contributed by atoms with van der Waals surface area (Å²) in [6, 6.07) is -0.424. The maximum atomic E-state index is 13.1. The van der Waals surface area contributed by atoms with Crippen molar-refractivity contribution in [1.29, 1.82) is 0 Å². The van der Waals surface area contributed by atoms with Crippen molar-refractivity contribution in [2.75, 3.05) is 31.6 Å². The van der Waals surface area contributed by atoms with Crippen LogP contribution in [0.1, 0.15) is 49.9 Å². The largest absolute Gasteiger partial charge is 0.481 e. The molecule has 31 heavy (non-hydrogen) atoms. The molecule has 0 bridgehead atoms. The summed E-state index contributed by atoms with van der Waals surface area (Å²) < 4.78 is 0. The van der Waals surface area contributed by atoms with E-state index in [1.807, 2.05) is 0 Å². The number of anilines is 1. The summed E-state index contributed by atoms with van der Waals surface area (Å²) in [6.07, 6.45) is 7.24. The molecule has 3 aliphatic rings. The van der Waals surface area contributed by atoms with Gasteiger partial charge in [0.05, 0.1) is 17.6 Å². The number of urea groups is 1. The highest BCUT2D eigenvalue weighted by Crippen LogP contribution is 2.33. The Morgan fingerprint density at radius 3 is 2.48 bits per heavy atom. The highest BCUT2D eigenvalue weighted by atomic mass is 35.5. The predicted molar refractivity (Wildman–Crippen MR) is 116 cm³/mol. The first kappa shape index (κ1) is 23.4. The molecule has 0 spiro atoms. The van der Waals surface area contributed by atoms with Crippen LogP contribution in [0, 0.1) is 5.92 Å². The SMILES string of the molecule is CN1CCc2ncc(N3CC(=O)N(C4CCC(CCC(=O)O)CC4)C3=O)nc2CC1.Cl. The number of amides is 3. The van der Waals surface area contributed by atoms with Crippen LogP contribution in [0.15, 0.2) is 6.20 Å². The Balaban J connectivity index is 0.00000272. The van der Waals surface area contributed by atoms with Crippen molar-refractivity contribution in [1.82, 2.24) is 19.8 Å². The van der Waals surface area contributed by atoms with Crippen molar-refractivity contribution in [2.24, 2.45) is 5.92 Å². The van der Waals surface area contributed by atoms with Gasteiger partial charge in [-0.15, -0.1) is 12.4 Å². The molecular weight excluding hydrogens is 422 g/mol. The molecule has 2 fully saturated rings. The fraction of sp³-hybridized carbons (Fsp3) is 0.667. The van der Waals surface area contributed by atoms with Crippen molar-refractivity contribution in [3.8, 4) is 0 Å². The van der Waals surface area contributed by atoms with Crippen LogP contribution in [0.5, 0.6) is 0 Å². The summed E-state index contributed by atoms with van der Waals surface area (Å²) in [5.74, 6) is -0.152. The zero-order chi connectivity index (χ0) is 21.3. The number of aliphatic carboxylic acids is 1. The number of rotatable bonds is 5. The molecule has 170 valence electrons. The average Bonchev–Trinajstić information content (AvgIpc) is 2.90. The number of imide groups is 1. The highest BCUT2D eigenvalue weighted by molar-refractivity contribution is 6.12. The quantitative estimate of drug-likeness (QED) is 0.683. The number of carboxylic acids is 1. The molecule has 1 aromatic heterocycles. The van der Waals surface area contributed by atoms with Gasteiger partial charge in [0.25, 0.3) is 5.91 Å². The molecule has 0 unspecified atom stereocenters. The monoisotopic (exact) mass is 451 g/mol. The van der Waals surface area contributed by atoms with Crippen LogP contribution in [0.2, 0.25) is 0 Å². The number of fused-ring (bicyclic) bond motifs is 1. The second kappa shape index (κ2) is 9.91.